The highest BCUT2D eigenvalue weighted by atomic mass is 35.5. The smallest absolute Gasteiger partial charge is 0.261 e. The molecular weight excluding hydrogens is 345 g/mol. The normalized spacial score (nSPS) is 11.8. The minimum absolute atomic E-state index is 0.258. The highest BCUT2D eigenvalue weighted by Gasteiger charge is 2.16. The van der Waals surface area contributed by atoms with Gasteiger partial charge >= 0.3 is 0 Å². The summed E-state index contributed by atoms with van der Waals surface area (Å²) in [7, 11) is 0. The Morgan fingerprint density at radius 2 is 1.86 bits per heavy atom. The van der Waals surface area contributed by atoms with Crippen LogP contribution in [0.3, 0.4) is 0 Å². The monoisotopic (exact) mass is 357 g/mol. The zero-order valence-corrected chi connectivity index (χ0v) is 14.0. The summed E-state index contributed by atoms with van der Waals surface area (Å²) in [5.41, 5.74) is 0.842. The zero-order valence-electron chi connectivity index (χ0n) is 11.8. The highest BCUT2D eigenvalue weighted by Crippen LogP contribution is 2.28. The molecule has 0 aliphatic carbocycles. The van der Waals surface area contributed by atoms with E-state index in [1.54, 1.807) is 31.2 Å². The number of hydrogen-bond acceptors (Lipinski definition) is 2. The fourth-order valence-electron chi connectivity index (χ4n) is 1.78. The molecule has 0 saturated carbocycles. The zero-order chi connectivity index (χ0) is 16.1. The molecular formula is C16H14Cl3NO2. The third-order valence-electron chi connectivity index (χ3n) is 2.98. The first-order chi connectivity index (χ1) is 10.5. The summed E-state index contributed by atoms with van der Waals surface area (Å²) in [5, 5.41) is 4.25. The van der Waals surface area contributed by atoms with E-state index < -0.39 is 6.10 Å². The van der Waals surface area contributed by atoms with Crippen LogP contribution in [-0.4, -0.2) is 12.0 Å². The first-order valence-electron chi connectivity index (χ1n) is 6.60. The van der Waals surface area contributed by atoms with Gasteiger partial charge < -0.3 is 10.1 Å². The van der Waals surface area contributed by atoms with Crippen LogP contribution in [0.25, 0.3) is 0 Å². The van der Waals surface area contributed by atoms with E-state index in [9.17, 15) is 4.79 Å². The molecule has 1 amide bonds. The van der Waals surface area contributed by atoms with E-state index in [0.29, 0.717) is 27.4 Å². The van der Waals surface area contributed by atoms with E-state index in [0.717, 1.165) is 5.56 Å². The van der Waals surface area contributed by atoms with Crippen LogP contribution in [-0.2, 0) is 11.3 Å². The maximum atomic E-state index is 12.1. The van der Waals surface area contributed by atoms with Crippen LogP contribution in [0, 0.1) is 0 Å². The van der Waals surface area contributed by atoms with Crippen LogP contribution in [0.2, 0.25) is 15.1 Å². The summed E-state index contributed by atoms with van der Waals surface area (Å²) in [6.45, 7) is 1.98. The summed E-state index contributed by atoms with van der Waals surface area (Å²) >= 11 is 17.9. The number of amides is 1. The number of ether oxygens (including phenoxy) is 1. The molecule has 0 radical (unpaired) electrons. The fourth-order valence-corrected chi connectivity index (χ4v) is 2.44. The van der Waals surface area contributed by atoms with Gasteiger partial charge in [0.25, 0.3) is 5.91 Å². The van der Waals surface area contributed by atoms with Crippen molar-refractivity contribution in [2.75, 3.05) is 0 Å². The molecule has 1 atom stereocenters. The standard InChI is InChI=1S/C16H14Cl3NO2/c1-10(22-15-7-6-12(17)8-14(15)19)16(21)20-9-11-4-2-3-5-13(11)18/h2-8,10H,9H2,1H3,(H,20,21)/t10-/m1/s1. The molecule has 3 nitrogen and oxygen atoms in total. The van der Waals surface area contributed by atoms with E-state index in [2.05, 4.69) is 5.32 Å². The van der Waals surface area contributed by atoms with Crippen molar-refractivity contribution >= 4 is 40.7 Å². The number of halogens is 3. The van der Waals surface area contributed by atoms with Crippen molar-refractivity contribution in [3.05, 3.63) is 63.1 Å². The van der Waals surface area contributed by atoms with Gasteiger partial charge in [0.2, 0.25) is 0 Å². The van der Waals surface area contributed by atoms with Crippen molar-refractivity contribution in [2.45, 2.75) is 19.6 Å². The van der Waals surface area contributed by atoms with Crippen molar-refractivity contribution in [2.24, 2.45) is 0 Å². The van der Waals surface area contributed by atoms with Crippen molar-refractivity contribution < 1.29 is 9.53 Å². The lowest BCUT2D eigenvalue weighted by atomic mass is 10.2. The van der Waals surface area contributed by atoms with Gasteiger partial charge in [0, 0.05) is 16.6 Å². The molecule has 116 valence electrons. The molecule has 22 heavy (non-hydrogen) atoms. The van der Waals surface area contributed by atoms with E-state index in [1.807, 2.05) is 18.2 Å². The number of rotatable bonds is 5. The minimum Gasteiger partial charge on any atom is -0.479 e. The summed E-state index contributed by atoms with van der Waals surface area (Å²) < 4.78 is 5.54. The Kier molecular flexibility index (Phi) is 5.95. The van der Waals surface area contributed by atoms with Gasteiger partial charge in [-0.2, -0.15) is 0 Å². The Hall–Kier alpha value is -1.42. The topological polar surface area (TPSA) is 38.3 Å². The molecule has 0 aromatic heterocycles. The number of nitrogens with one attached hydrogen (secondary N) is 1. The molecule has 0 unspecified atom stereocenters. The van der Waals surface area contributed by atoms with Gasteiger partial charge in [-0.3, -0.25) is 4.79 Å². The molecule has 0 bridgehead atoms. The van der Waals surface area contributed by atoms with Crippen LogP contribution in [0.5, 0.6) is 5.75 Å². The predicted octanol–water partition coefficient (Wildman–Crippen LogP) is 4.73. The second-order valence-electron chi connectivity index (χ2n) is 4.64. The van der Waals surface area contributed by atoms with Gasteiger partial charge in [-0.25, -0.2) is 0 Å². The van der Waals surface area contributed by atoms with Crippen molar-refractivity contribution in [3.63, 3.8) is 0 Å². The van der Waals surface area contributed by atoms with Crippen LogP contribution in [0.1, 0.15) is 12.5 Å². The second-order valence-corrected chi connectivity index (χ2v) is 5.89. The van der Waals surface area contributed by atoms with Crippen LogP contribution < -0.4 is 10.1 Å². The lowest BCUT2D eigenvalue weighted by Crippen LogP contribution is -2.36. The van der Waals surface area contributed by atoms with Crippen LogP contribution in [0.15, 0.2) is 42.5 Å². The largest absolute Gasteiger partial charge is 0.479 e. The first kappa shape index (κ1) is 16.9. The summed E-state index contributed by atoms with van der Waals surface area (Å²) in [6, 6.07) is 12.2. The Labute approximate surface area is 144 Å². The molecule has 6 heteroatoms. The molecule has 0 saturated heterocycles. The Morgan fingerprint density at radius 3 is 2.55 bits per heavy atom. The lowest BCUT2D eigenvalue weighted by molar-refractivity contribution is -0.127. The quantitative estimate of drug-likeness (QED) is 0.839. The molecule has 2 aromatic carbocycles. The van der Waals surface area contributed by atoms with Gasteiger partial charge in [-0.15, -0.1) is 0 Å². The molecule has 0 aliphatic heterocycles. The van der Waals surface area contributed by atoms with E-state index >= 15 is 0 Å². The number of carbonyl (C=O) groups is 1. The lowest BCUT2D eigenvalue weighted by Gasteiger charge is -2.16. The Bertz CT molecular complexity index is 676. The third kappa shape index (κ3) is 4.54. The average Bonchev–Trinajstić information content (AvgIpc) is 2.49. The SMILES string of the molecule is C[C@@H](Oc1ccc(Cl)cc1Cl)C(=O)NCc1ccccc1Cl. The summed E-state index contributed by atoms with van der Waals surface area (Å²) in [6.07, 6.45) is -0.693. The van der Waals surface area contributed by atoms with E-state index in [1.165, 1.54) is 0 Å². The summed E-state index contributed by atoms with van der Waals surface area (Å²) in [5.74, 6) is 0.150. The first-order valence-corrected chi connectivity index (χ1v) is 7.73. The Balaban J connectivity index is 1.93. The molecule has 0 fully saturated rings. The molecule has 0 spiro atoms. The molecule has 0 aliphatic rings. The minimum atomic E-state index is -0.693. The van der Waals surface area contributed by atoms with E-state index in [4.69, 9.17) is 39.5 Å². The average molecular weight is 359 g/mol. The predicted molar refractivity (Wildman–Crippen MR) is 89.9 cm³/mol. The van der Waals surface area contributed by atoms with Crippen molar-refractivity contribution in [1.29, 1.82) is 0 Å². The molecule has 0 heterocycles. The number of carbonyl (C=O) groups excluding carboxylic acids is 1. The van der Waals surface area contributed by atoms with Gasteiger partial charge in [-0.05, 0) is 36.8 Å². The number of hydrogen-bond donors (Lipinski definition) is 1. The van der Waals surface area contributed by atoms with Gasteiger partial charge in [-0.1, -0.05) is 53.0 Å². The van der Waals surface area contributed by atoms with Gasteiger partial charge in [0.1, 0.15) is 5.75 Å². The summed E-state index contributed by atoms with van der Waals surface area (Å²) in [4.78, 5) is 12.1. The maximum absolute atomic E-state index is 12.1. The number of benzene rings is 2. The van der Waals surface area contributed by atoms with Gasteiger partial charge in [0.15, 0.2) is 6.10 Å². The molecule has 2 aromatic rings. The molecule has 1 N–H and O–H groups in total. The van der Waals surface area contributed by atoms with Crippen LogP contribution in [0.4, 0.5) is 0 Å². The Morgan fingerprint density at radius 1 is 1.14 bits per heavy atom. The van der Waals surface area contributed by atoms with E-state index in [-0.39, 0.29) is 5.91 Å². The fraction of sp³-hybridized carbons (Fsp3) is 0.188. The van der Waals surface area contributed by atoms with Crippen molar-refractivity contribution in [1.82, 2.24) is 5.32 Å². The molecule has 2 rings (SSSR count). The second kappa shape index (κ2) is 7.73. The highest BCUT2D eigenvalue weighted by molar-refractivity contribution is 6.35. The van der Waals surface area contributed by atoms with Crippen LogP contribution >= 0.6 is 34.8 Å². The third-order valence-corrected chi connectivity index (χ3v) is 3.88. The maximum Gasteiger partial charge on any atom is 0.261 e. The van der Waals surface area contributed by atoms with Gasteiger partial charge in [0.05, 0.1) is 5.02 Å². The van der Waals surface area contributed by atoms with Crippen molar-refractivity contribution in [3.8, 4) is 5.75 Å².